The first-order valence-electron chi connectivity index (χ1n) is 5.43. The number of aromatic nitrogens is 3. The van der Waals surface area contributed by atoms with Crippen molar-refractivity contribution in [3.05, 3.63) is 12.1 Å². The lowest BCUT2D eigenvalue weighted by Crippen LogP contribution is -2.19. The first-order chi connectivity index (χ1) is 8.19. The van der Waals surface area contributed by atoms with Crippen molar-refractivity contribution in [2.75, 3.05) is 14.2 Å². The van der Waals surface area contributed by atoms with Crippen LogP contribution in [-0.2, 0) is 0 Å². The van der Waals surface area contributed by atoms with Crippen molar-refractivity contribution in [2.24, 2.45) is 5.73 Å². The van der Waals surface area contributed by atoms with E-state index in [1.807, 2.05) is 6.92 Å². The highest BCUT2D eigenvalue weighted by Crippen LogP contribution is 2.30. The minimum atomic E-state index is -0.209. The van der Waals surface area contributed by atoms with Crippen LogP contribution in [0.25, 0.3) is 11.0 Å². The number of benzene rings is 1. The second-order valence-corrected chi connectivity index (χ2v) is 3.69. The van der Waals surface area contributed by atoms with Crippen LogP contribution >= 0.6 is 0 Å². The molecule has 92 valence electrons. The Morgan fingerprint density at radius 1 is 1.18 bits per heavy atom. The highest BCUT2D eigenvalue weighted by atomic mass is 16.5. The van der Waals surface area contributed by atoms with E-state index in [0.29, 0.717) is 11.5 Å². The Kier molecular flexibility index (Phi) is 3.14. The highest BCUT2D eigenvalue weighted by molar-refractivity contribution is 5.78. The number of hydrogen-bond acceptors (Lipinski definition) is 5. The van der Waals surface area contributed by atoms with Crippen LogP contribution < -0.4 is 15.2 Å². The van der Waals surface area contributed by atoms with Crippen molar-refractivity contribution >= 4 is 11.0 Å². The van der Waals surface area contributed by atoms with E-state index in [-0.39, 0.29) is 6.17 Å². The molecule has 0 fully saturated rings. The van der Waals surface area contributed by atoms with Gasteiger partial charge in [-0.1, -0.05) is 6.92 Å². The van der Waals surface area contributed by atoms with Crippen molar-refractivity contribution in [2.45, 2.75) is 19.5 Å². The standard InChI is InChI=1S/C11H16N4O2/c1-4-11(12)15-13-7-5-9(16-2)10(17-3)6-8(7)14-15/h5-6,11H,4,12H2,1-3H3. The summed E-state index contributed by atoms with van der Waals surface area (Å²) < 4.78 is 10.4. The van der Waals surface area contributed by atoms with Gasteiger partial charge in [0.15, 0.2) is 11.5 Å². The van der Waals surface area contributed by atoms with Crippen LogP contribution in [0.1, 0.15) is 19.5 Å². The van der Waals surface area contributed by atoms with Crippen LogP contribution in [0.3, 0.4) is 0 Å². The molecule has 1 unspecified atom stereocenters. The lowest BCUT2D eigenvalue weighted by atomic mass is 10.3. The fourth-order valence-electron chi connectivity index (χ4n) is 1.57. The summed E-state index contributed by atoms with van der Waals surface area (Å²) in [6.07, 6.45) is 0.564. The van der Waals surface area contributed by atoms with Crippen LogP contribution in [-0.4, -0.2) is 29.2 Å². The van der Waals surface area contributed by atoms with Gasteiger partial charge >= 0.3 is 0 Å². The lowest BCUT2D eigenvalue weighted by molar-refractivity contribution is 0.356. The summed E-state index contributed by atoms with van der Waals surface area (Å²) in [4.78, 5) is 1.52. The molecule has 1 aromatic heterocycles. The van der Waals surface area contributed by atoms with Crippen molar-refractivity contribution in [1.82, 2.24) is 15.0 Å². The van der Waals surface area contributed by atoms with E-state index in [1.54, 1.807) is 26.4 Å². The van der Waals surface area contributed by atoms with E-state index < -0.39 is 0 Å². The fourth-order valence-corrected chi connectivity index (χ4v) is 1.57. The molecule has 17 heavy (non-hydrogen) atoms. The molecule has 2 N–H and O–H groups in total. The molecule has 6 nitrogen and oxygen atoms in total. The van der Waals surface area contributed by atoms with Crippen LogP contribution in [0.5, 0.6) is 11.5 Å². The maximum Gasteiger partial charge on any atom is 0.163 e. The molecule has 0 aliphatic carbocycles. The number of ether oxygens (including phenoxy) is 2. The molecule has 0 aliphatic heterocycles. The largest absolute Gasteiger partial charge is 0.493 e. The number of nitrogens with zero attached hydrogens (tertiary/aromatic N) is 3. The van der Waals surface area contributed by atoms with Gasteiger partial charge in [0, 0.05) is 12.1 Å². The summed E-state index contributed by atoms with van der Waals surface area (Å²) in [5.74, 6) is 1.27. The Bertz CT molecular complexity index is 482. The second-order valence-electron chi connectivity index (χ2n) is 3.69. The molecular weight excluding hydrogens is 220 g/mol. The third-order valence-corrected chi connectivity index (χ3v) is 2.62. The third kappa shape index (κ3) is 2.03. The first-order valence-corrected chi connectivity index (χ1v) is 5.43. The SMILES string of the molecule is CCC(N)n1nc2cc(OC)c(OC)cc2n1. The van der Waals surface area contributed by atoms with Gasteiger partial charge in [-0.3, -0.25) is 0 Å². The van der Waals surface area contributed by atoms with E-state index in [2.05, 4.69) is 10.2 Å². The van der Waals surface area contributed by atoms with Gasteiger partial charge in [-0.05, 0) is 6.42 Å². The van der Waals surface area contributed by atoms with Crippen molar-refractivity contribution in [1.29, 1.82) is 0 Å². The lowest BCUT2D eigenvalue weighted by Gasteiger charge is -2.05. The number of rotatable bonds is 4. The van der Waals surface area contributed by atoms with E-state index >= 15 is 0 Å². The predicted molar refractivity (Wildman–Crippen MR) is 64.1 cm³/mol. The van der Waals surface area contributed by atoms with Crippen LogP contribution in [0.4, 0.5) is 0 Å². The van der Waals surface area contributed by atoms with Gasteiger partial charge in [-0.25, -0.2) is 0 Å². The summed E-state index contributed by atoms with van der Waals surface area (Å²) in [7, 11) is 3.18. The molecule has 2 aromatic rings. The number of methoxy groups -OCH3 is 2. The molecule has 0 spiro atoms. The average Bonchev–Trinajstić information content (AvgIpc) is 2.78. The number of hydrogen-bond donors (Lipinski definition) is 1. The van der Waals surface area contributed by atoms with Gasteiger partial charge in [0.1, 0.15) is 17.2 Å². The summed E-state index contributed by atoms with van der Waals surface area (Å²) in [5, 5.41) is 8.62. The Balaban J connectivity index is 2.53. The summed E-state index contributed by atoms with van der Waals surface area (Å²) >= 11 is 0. The maximum atomic E-state index is 5.87. The van der Waals surface area contributed by atoms with Crippen molar-refractivity contribution < 1.29 is 9.47 Å². The van der Waals surface area contributed by atoms with Crippen LogP contribution in [0.15, 0.2) is 12.1 Å². The van der Waals surface area contributed by atoms with E-state index in [1.165, 1.54) is 4.80 Å². The zero-order valence-electron chi connectivity index (χ0n) is 10.2. The monoisotopic (exact) mass is 236 g/mol. The molecule has 0 amide bonds. The predicted octanol–water partition coefficient (Wildman–Crippen LogP) is 1.32. The van der Waals surface area contributed by atoms with Crippen molar-refractivity contribution in [3.63, 3.8) is 0 Å². The fraction of sp³-hybridized carbons (Fsp3) is 0.455. The molecule has 2 rings (SSSR count). The molecule has 1 atom stereocenters. The van der Waals surface area contributed by atoms with Gasteiger partial charge in [0.2, 0.25) is 0 Å². The molecule has 0 aliphatic rings. The Hall–Kier alpha value is -1.82. The van der Waals surface area contributed by atoms with Crippen LogP contribution in [0.2, 0.25) is 0 Å². The average molecular weight is 236 g/mol. The van der Waals surface area contributed by atoms with E-state index in [4.69, 9.17) is 15.2 Å². The molecular formula is C11H16N4O2. The zero-order chi connectivity index (χ0) is 12.4. The quantitative estimate of drug-likeness (QED) is 0.866. The molecule has 0 radical (unpaired) electrons. The minimum absolute atomic E-state index is 0.209. The van der Waals surface area contributed by atoms with Gasteiger partial charge in [0.05, 0.1) is 14.2 Å². The normalized spacial score (nSPS) is 12.7. The smallest absolute Gasteiger partial charge is 0.163 e. The Labute approximate surface area is 99.3 Å². The molecule has 0 saturated heterocycles. The number of nitrogens with two attached hydrogens (primary N) is 1. The second kappa shape index (κ2) is 4.58. The molecule has 6 heteroatoms. The van der Waals surface area contributed by atoms with Crippen LogP contribution in [0, 0.1) is 0 Å². The van der Waals surface area contributed by atoms with Gasteiger partial charge < -0.3 is 15.2 Å². The first kappa shape index (κ1) is 11.7. The molecule has 1 aromatic carbocycles. The summed E-state index contributed by atoms with van der Waals surface area (Å²) in [5.41, 5.74) is 7.36. The van der Waals surface area contributed by atoms with E-state index in [0.717, 1.165) is 17.5 Å². The summed E-state index contributed by atoms with van der Waals surface area (Å²) in [6, 6.07) is 3.58. The summed E-state index contributed by atoms with van der Waals surface area (Å²) in [6.45, 7) is 1.99. The topological polar surface area (TPSA) is 75.2 Å². The van der Waals surface area contributed by atoms with E-state index in [9.17, 15) is 0 Å². The van der Waals surface area contributed by atoms with Gasteiger partial charge in [0.25, 0.3) is 0 Å². The number of fused-ring (bicyclic) bond motifs is 1. The maximum absolute atomic E-state index is 5.87. The third-order valence-electron chi connectivity index (χ3n) is 2.62. The molecule has 1 heterocycles. The van der Waals surface area contributed by atoms with Gasteiger partial charge in [-0.15, -0.1) is 0 Å². The van der Waals surface area contributed by atoms with Gasteiger partial charge in [-0.2, -0.15) is 15.0 Å². The minimum Gasteiger partial charge on any atom is -0.493 e. The molecule has 0 saturated carbocycles. The molecule has 0 bridgehead atoms. The Morgan fingerprint density at radius 2 is 1.65 bits per heavy atom. The highest BCUT2D eigenvalue weighted by Gasteiger charge is 2.12. The van der Waals surface area contributed by atoms with Crippen molar-refractivity contribution in [3.8, 4) is 11.5 Å². The zero-order valence-corrected chi connectivity index (χ0v) is 10.2. The Morgan fingerprint density at radius 3 is 2.00 bits per heavy atom.